The zero-order valence-corrected chi connectivity index (χ0v) is 7.40. The van der Waals surface area contributed by atoms with Crippen molar-refractivity contribution < 1.29 is 10.0 Å². The minimum Gasteiger partial charge on any atom is -0.409 e. The summed E-state index contributed by atoms with van der Waals surface area (Å²) in [6.45, 7) is 1.98. The summed E-state index contributed by atoms with van der Waals surface area (Å²) in [5.74, 6) is 0.0187. The fourth-order valence-corrected chi connectivity index (χ4v) is 0.550. The highest BCUT2D eigenvalue weighted by Crippen LogP contribution is 1.94. The fraction of sp³-hybridized carbons (Fsp3) is 0.833. The summed E-state index contributed by atoms with van der Waals surface area (Å²) in [5.41, 5.74) is 10.8. The maximum absolute atomic E-state index is 8.18. The second-order valence-electron chi connectivity index (χ2n) is 2.39. The number of nitrogens with zero attached hydrogens (tertiary/aromatic N) is 2. The van der Waals surface area contributed by atoms with Crippen LogP contribution >= 0.6 is 0 Å². The maximum atomic E-state index is 8.18. The Morgan fingerprint density at radius 1 is 1.75 bits per heavy atom. The van der Waals surface area contributed by atoms with Crippen LogP contribution in [0, 0.1) is 0 Å². The minimum atomic E-state index is -0.170. The second kappa shape index (κ2) is 5.76. The Bertz CT molecular complexity index is 150. The van der Waals surface area contributed by atoms with E-state index in [1.165, 1.54) is 5.06 Å². The Kier molecular flexibility index (Phi) is 5.35. The lowest BCUT2D eigenvalue weighted by Gasteiger charge is -2.21. The van der Waals surface area contributed by atoms with Gasteiger partial charge in [0, 0.05) is 7.05 Å². The quantitative estimate of drug-likeness (QED) is 0.169. The first-order valence-electron chi connectivity index (χ1n) is 3.69. The van der Waals surface area contributed by atoms with Crippen LogP contribution in [0.3, 0.4) is 0 Å². The number of rotatable bonds is 5. The van der Waals surface area contributed by atoms with Gasteiger partial charge >= 0.3 is 0 Å². The molecule has 0 fully saturated rings. The van der Waals surface area contributed by atoms with Crippen molar-refractivity contribution in [2.75, 3.05) is 13.7 Å². The first-order valence-corrected chi connectivity index (χ1v) is 3.69. The maximum Gasteiger partial charge on any atom is 0.167 e. The molecular weight excluding hydrogens is 160 g/mol. The Hall–Kier alpha value is -0.850. The largest absolute Gasteiger partial charge is 0.409 e. The number of oxime groups is 1. The molecule has 6 nitrogen and oxygen atoms in total. The molecule has 5 N–H and O–H groups in total. The number of hydrogen-bond donors (Lipinski definition) is 3. The monoisotopic (exact) mass is 176 g/mol. The van der Waals surface area contributed by atoms with Gasteiger partial charge in [-0.1, -0.05) is 12.1 Å². The molecule has 0 aliphatic heterocycles. The summed E-state index contributed by atoms with van der Waals surface area (Å²) >= 11 is 0. The molecule has 0 aliphatic carbocycles. The van der Waals surface area contributed by atoms with Gasteiger partial charge in [0.05, 0.1) is 6.17 Å². The van der Waals surface area contributed by atoms with Crippen LogP contribution in [0.2, 0.25) is 0 Å². The van der Waals surface area contributed by atoms with Gasteiger partial charge in [-0.25, -0.2) is 0 Å². The topological polar surface area (TPSA) is 97.1 Å². The van der Waals surface area contributed by atoms with E-state index in [2.05, 4.69) is 5.16 Å². The zero-order valence-electron chi connectivity index (χ0n) is 7.40. The molecule has 1 unspecified atom stereocenters. The molecule has 1 atom stereocenters. The van der Waals surface area contributed by atoms with E-state index in [4.69, 9.17) is 21.5 Å². The molecule has 0 saturated heterocycles. The van der Waals surface area contributed by atoms with Gasteiger partial charge in [0.1, 0.15) is 6.61 Å². The Labute approximate surface area is 71.7 Å². The molecular formula is C6H16N4O2. The second-order valence-corrected chi connectivity index (χ2v) is 2.39. The van der Waals surface area contributed by atoms with Crippen LogP contribution in [-0.2, 0) is 4.84 Å². The summed E-state index contributed by atoms with van der Waals surface area (Å²) in [6, 6.07) is 0. The Morgan fingerprint density at radius 3 is 2.75 bits per heavy atom. The predicted octanol–water partition coefficient (Wildman–Crippen LogP) is -0.709. The van der Waals surface area contributed by atoms with Crippen molar-refractivity contribution in [2.24, 2.45) is 16.6 Å². The molecule has 0 radical (unpaired) electrons. The lowest BCUT2D eigenvalue weighted by atomic mass is 10.4. The Balaban J connectivity index is 3.63. The van der Waals surface area contributed by atoms with E-state index < -0.39 is 0 Å². The molecule has 0 saturated carbocycles. The summed E-state index contributed by atoms with van der Waals surface area (Å²) in [5, 5.41) is 12.4. The van der Waals surface area contributed by atoms with E-state index in [9.17, 15) is 0 Å². The highest BCUT2D eigenvalue weighted by atomic mass is 16.7. The lowest BCUT2D eigenvalue weighted by Crippen LogP contribution is -2.40. The van der Waals surface area contributed by atoms with Crippen molar-refractivity contribution in [1.82, 2.24) is 5.06 Å². The van der Waals surface area contributed by atoms with Crippen molar-refractivity contribution in [3.8, 4) is 0 Å². The van der Waals surface area contributed by atoms with E-state index in [1.807, 2.05) is 6.92 Å². The first-order chi connectivity index (χ1) is 5.61. The molecule has 0 heterocycles. The summed E-state index contributed by atoms with van der Waals surface area (Å²) in [6.07, 6.45) is 0.601. The van der Waals surface area contributed by atoms with Gasteiger partial charge in [-0.2, -0.15) is 5.06 Å². The molecule has 0 rings (SSSR count). The van der Waals surface area contributed by atoms with E-state index >= 15 is 0 Å². The van der Waals surface area contributed by atoms with Gasteiger partial charge in [-0.3, -0.25) is 4.84 Å². The minimum absolute atomic E-state index is 0.0187. The van der Waals surface area contributed by atoms with Crippen LogP contribution in [-0.4, -0.2) is 35.9 Å². The summed E-state index contributed by atoms with van der Waals surface area (Å²) in [4.78, 5) is 5.04. The van der Waals surface area contributed by atoms with E-state index in [0.717, 1.165) is 6.42 Å². The molecule has 0 aromatic carbocycles. The highest BCUT2D eigenvalue weighted by molar-refractivity contribution is 5.80. The third-order valence-electron chi connectivity index (χ3n) is 1.43. The fourth-order valence-electron chi connectivity index (χ4n) is 0.550. The molecule has 0 aromatic heterocycles. The van der Waals surface area contributed by atoms with Gasteiger partial charge in [-0.05, 0) is 6.42 Å². The standard InChI is InChI=1S/C6H16N4O2/c1-3-6(8)10(2)12-4-5(7)9-11/h6,11H,3-4,8H2,1-2H3,(H2,7,9). The van der Waals surface area contributed by atoms with Crippen LogP contribution in [0.25, 0.3) is 0 Å². The number of hydroxylamine groups is 2. The van der Waals surface area contributed by atoms with Crippen LogP contribution < -0.4 is 11.5 Å². The summed E-state index contributed by atoms with van der Waals surface area (Å²) in [7, 11) is 1.69. The SMILES string of the molecule is CCC(N)N(C)OC/C(N)=N/O. The average Bonchev–Trinajstić information content (AvgIpc) is 2.11. The third kappa shape index (κ3) is 4.12. The molecule has 72 valence electrons. The molecule has 6 heteroatoms. The predicted molar refractivity (Wildman–Crippen MR) is 45.4 cm³/mol. The number of nitrogens with two attached hydrogens (primary N) is 2. The third-order valence-corrected chi connectivity index (χ3v) is 1.43. The molecule has 12 heavy (non-hydrogen) atoms. The van der Waals surface area contributed by atoms with Gasteiger partial charge in [0.25, 0.3) is 0 Å². The smallest absolute Gasteiger partial charge is 0.167 e. The van der Waals surface area contributed by atoms with Crippen molar-refractivity contribution in [2.45, 2.75) is 19.5 Å². The van der Waals surface area contributed by atoms with Crippen molar-refractivity contribution >= 4 is 5.84 Å². The van der Waals surface area contributed by atoms with Gasteiger partial charge in [0.15, 0.2) is 5.84 Å². The molecule has 0 spiro atoms. The van der Waals surface area contributed by atoms with Crippen LogP contribution in [0.1, 0.15) is 13.3 Å². The average molecular weight is 176 g/mol. The van der Waals surface area contributed by atoms with Crippen molar-refractivity contribution in [3.63, 3.8) is 0 Å². The van der Waals surface area contributed by atoms with E-state index in [1.54, 1.807) is 7.05 Å². The normalized spacial score (nSPS) is 15.2. The molecule has 0 bridgehead atoms. The van der Waals surface area contributed by atoms with Crippen LogP contribution in [0.4, 0.5) is 0 Å². The van der Waals surface area contributed by atoms with E-state index in [0.29, 0.717) is 0 Å². The number of amidine groups is 1. The van der Waals surface area contributed by atoms with Gasteiger partial charge in [0.2, 0.25) is 0 Å². The van der Waals surface area contributed by atoms with Crippen molar-refractivity contribution in [1.29, 1.82) is 0 Å². The van der Waals surface area contributed by atoms with Crippen LogP contribution in [0.5, 0.6) is 0 Å². The highest BCUT2D eigenvalue weighted by Gasteiger charge is 2.07. The van der Waals surface area contributed by atoms with Gasteiger partial charge < -0.3 is 16.7 Å². The Morgan fingerprint density at radius 2 is 2.33 bits per heavy atom. The van der Waals surface area contributed by atoms with Gasteiger partial charge in [-0.15, -0.1) is 0 Å². The first kappa shape index (κ1) is 11.2. The summed E-state index contributed by atoms with van der Waals surface area (Å²) < 4.78 is 0. The number of hydrogen-bond acceptors (Lipinski definition) is 5. The molecule has 0 aliphatic rings. The molecule has 0 aromatic rings. The van der Waals surface area contributed by atoms with Crippen molar-refractivity contribution in [3.05, 3.63) is 0 Å². The molecule has 0 amide bonds. The van der Waals surface area contributed by atoms with E-state index in [-0.39, 0.29) is 18.6 Å². The zero-order chi connectivity index (χ0) is 9.56. The van der Waals surface area contributed by atoms with Crippen LogP contribution in [0.15, 0.2) is 5.16 Å². The lowest BCUT2D eigenvalue weighted by molar-refractivity contribution is -0.152.